The van der Waals surface area contributed by atoms with Crippen molar-refractivity contribution in [3.8, 4) is 0 Å². The predicted octanol–water partition coefficient (Wildman–Crippen LogP) is 2.17. The van der Waals surface area contributed by atoms with E-state index >= 15 is 0 Å². The number of likely N-dealkylation sites (tertiary alicyclic amines) is 1. The van der Waals surface area contributed by atoms with Crippen LogP contribution in [0.1, 0.15) is 56.2 Å². The Morgan fingerprint density at radius 2 is 1.53 bits per heavy atom. The van der Waals surface area contributed by atoms with Crippen LogP contribution in [0.4, 0.5) is 13.2 Å². The summed E-state index contributed by atoms with van der Waals surface area (Å²) in [4.78, 5) is 40.7. The van der Waals surface area contributed by atoms with Gasteiger partial charge in [-0.1, -0.05) is 18.2 Å². The second-order valence-corrected chi connectivity index (χ2v) is 8.03. The van der Waals surface area contributed by atoms with Gasteiger partial charge in [-0.3, -0.25) is 14.4 Å². The second-order valence-electron chi connectivity index (χ2n) is 8.03. The highest BCUT2D eigenvalue weighted by molar-refractivity contribution is 6.02. The van der Waals surface area contributed by atoms with Crippen molar-refractivity contribution in [3.05, 3.63) is 70.3 Å². The molecule has 11 heteroatoms. The van der Waals surface area contributed by atoms with Crippen molar-refractivity contribution < 1.29 is 27.6 Å². The third-order valence-electron chi connectivity index (χ3n) is 5.72. The van der Waals surface area contributed by atoms with Gasteiger partial charge < -0.3 is 22.1 Å². The number of carbonyl (C=O) groups is 3. The fourth-order valence-corrected chi connectivity index (χ4v) is 3.99. The van der Waals surface area contributed by atoms with Crippen molar-refractivity contribution in [2.24, 2.45) is 22.2 Å². The lowest BCUT2D eigenvalue weighted by atomic mass is 9.85. The molecule has 34 heavy (non-hydrogen) atoms. The second kappa shape index (κ2) is 9.94. The van der Waals surface area contributed by atoms with E-state index in [1.54, 1.807) is 17.0 Å². The Kier molecular flexibility index (Phi) is 7.23. The molecule has 2 aromatic rings. The molecule has 0 bridgehead atoms. The number of amides is 3. The number of rotatable bonds is 5. The maximum atomic E-state index is 13.7. The number of hydrogen-bond acceptors (Lipinski definition) is 3. The fourth-order valence-electron chi connectivity index (χ4n) is 3.99. The molecule has 2 aromatic carbocycles. The molecule has 6 N–H and O–H groups in total. The lowest BCUT2D eigenvalue weighted by Gasteiger charge is -2.33. The molecular weight excluding hydrogens is 451 g/mol. The highest BCUT2D eigenvalue weighted by Gasteiger charge is 2.37. The number of piperidine rings is 1. The van der Waals surface area contributed by atoms with Gasteiger partial charge in [-0.25, -0.2) is 0 Å². The van der Waals surface area contributed by atoms with Gasteiger partial charge in [0.15, 0.2) is 5.96 Å². The molecule has 3 amide bonds. The van der Waals surface area contributed by atoms with E-state index in [1.807, 2.05) is 0 Å². The fraction of sp³-hybridized carbons (Fsp3) is 0.304. The monoisotopic (exact) mass is 475 g/mol. The van der Waals surface area contributed by atoms with Crippen molar-refractivity contribution in [2.45, 2.75) is 31.4 Å². The van der Waals surface area contributed by atoms with Crippen LogP contribution in [-0.2, 0) is 17.4 Å². The average Bonchev–Trinajstić information content (AvgIpc) is 2.78. The number of carbonyl (C=O) groups excluding carboxylic acids is 3. The number of benzene rings is 2. The van der Waals surface area contributed by atoms with Crippen molar-refractivity contribution in [2.75, 3.05) is 13.1 Å². The first kappa shape index (κ1) is 24.7. The van der Waals surface area contributed by atoms with Crippen LogP contribution in [0.2, 0.25) is 0 Å². The zero-order chi connectivity index (χ0) is 25.0. The van der Waals surface area contributed by atoms with Gasteiger partial charge in [0.05, 0.1) is 12.0 Å². The Labute approximate surface area is 193 Å². The number of halogens is 3. The summed E-state index contributed by atoms with van der Waals surface area (Å²) in [5.41, 5.74) is 15.4. The Morgan fingerprint density at radius 1 is 0.941 bits per heavy atom. The summed E-state index contributed by atoms with van der Waals surface area (Å²) in [6, 6.07) is 9.68. The largest absolute Gasteiger partial charge is 0.416 e. The molecule has 0 radical (unpaired) electrons. The van der Waals surface area contributed by atoms with E-state index in [0.717, 1.165) is 6.07 Å². The topological polar surface area (TPSA) is 145 Å². The van der Waals surface area contributed by atoms with Gasteiger partial charge in [-0.05, 0) is 54.2 Å². The molecule has 1 fully saturated rings. The molecular formula is C23H24F3N5O3. The molecule has 1 saturated heterocycles. The van der Waals surface area contributed by atoms with E-state index < -0.39 is 35.4 Å². The minimum absolute atomic E-state index is 0.0721. The molecule has 8 nitrogen and oxygen atoms in total. The van der Waals surface area contributed by atoms with E-state index in [9.17, 15) is 27.6 Å². The molecule has 0 atom stereocenters. The van der Waals surface area contributed by atoms with Crippen molar-refractivity contribution in [1.82, 2.24) is 4.90 Å². The van der Waals surface area contributed by atoms with Crippen LogP contribution in [0.25, 0.3) is 0 Å². The van der Waals surface area contributed by atoms with Gasteiger partial charge in [0.25, 0.3) is 5.91 Å². The third-order valence-corrected chi connectivity index (χ3v) is 5.72. The van der Waals surface area contributed by atoms with E-state index in [1.165, 1.54) is 24.3 Å². The highest BCUT2D eigenvalue weighted by Crippen LogP contribution is 2.39. The minimum atomic E-state index is -4.67. The summed E-state index contributed by atoms with van der Waals surface area (Å²) in [6.45, 7) is 0.601. The van der Waals surface area contributed by atoms with Crippen LogP contribution < -0.4 is 17.2 Å². The maximum Gasteiger partial charge on any atom is 0.416 e. The molecule has 0 aliphatic carbocycles. The zero-order valence-corrected chi connectivity index (χ0v) is 18.1. The predicted molar refractivity (Wildman–Crippen MR) is 119 cm³/mol. The average molecular weight is 475 g/mol. The molecule has 1 aliphatic rings. The van der Waals surface area contributed by atoms with Crippen LogP contribution in [0.5, 0.6) is 0 Å². The molecule has 1 aliphatic heterocycles. The number of nitrogens with two attached hydrogens (primary N) is 3. The van der Waals surface area contributed by atoms with Crippen LogP contribution in [-0.4, -0.2) is 41.7 Å². The van der Waals surface area contributed by atoms with Crippen molar-refractivity contribution in [3.63, 3.8) is 0 Å². The Hall–Kier alpha value is -3.89. The van der Waals surface area contributed by atoms with E-state index in [0.29, 0.717) is 37.1 Å². The number of guanidine groups is 1. The summed E-state index contributed by atoms with van der Waals surface area (Å²) >= 11 is 0. The Balaban J connectivity index is 1.70. The summed E-state index contributed by atoms with van der Waals surface area (Å²) in [5, 5.41) is 0. The summed E-state index contributed by atoms with van der Waals surface area (Å²) < 4.78 is 41.2. The van der Waals surface area contributed by atoms with Crippen LogP contribution in [0.15, 0.2) is 47.5 Å². The summed E-state index contributed by atoms with van der Waals surface area (Å²) in [7, 11) is 0. The van der Waals surface area contributed by atoms with Crippen molar-refractivity contribution >= 4 is 23.7 Å². The lowest BCUT2D eigenvalue weighted by molar-refractivity contribution is -0.139. The lowest BCUT2D eigenvalue weighted by Crippen LogP contribution is -2.39. The first-order valence-corrected chi connectivity index (χ1v) is 10.5. The number of nitrogens with zero attached hydrogens (tertiary/aromatic N) is 2. The first-order valence-electron chi connectivity index (χ1n) is 10.5. The number of aliphatic imine (C=N–C) groups is 1. The smallest absolute Gasteiger partial charge is 0.370 e. The SMILES string of the molecule is NC(=O)c1ccc(CC(=O)N2CCC(c3ccc(C(=O)N=C(N)N)cc3C(F)(F)F)CC2)cc1. The van der Waals surface area contributed by atoms with Gasteiger partial charge in [0.2, 0.25) is 11.8 Å². The standard InChI is InChI=1S/C23H24F3N5O3/c24-23(25,26)18-12-16(21(34)30-22(28)29)5-6-17(18)14-7-9-31(10-8-14)19(32)11-13-1-3-15(4-2-13)20(27)33/h1-6,12,14H,7-11H2,(H2,27,33)(H4,28,29,30,34). The van der Waals surface area contributed by atoms with Gasteiger partial charge in [-0.15, -0.1) is 0 Å². The van der Waals surface area contributed by atoms with Crippen molar-refractivity contribution in [1.29, 1.82) is 0 Å². The quantitative estimate of drug-likeness (QED) is 0.448. The molecule has 3 rings (SSSR count). The molecule has 0 aromatic heterocycles. The molecule has 0 spiro atoms. The van der Waals surface area contributed by atoms with Gasteiger partial charge >= 0.3 is 6.18 Å². The Bertz CT molecular complexity index is 1120. The molecule has 0 unspecified atom stereocenters. The van der Waals surface area contributed by atoms with Gasteiger partial charge in [0.1, 0.15) is 0 Å². The van der Waals surface area contributed by atoms with Gasteiger partial charge in [0, 0.05) is 24.2 Å². The molecule has 0 saturated carbocycles. The maximum absolute atomic E-state index is 13.7. The van der Waals surface area contributed by atoms with E-state index in [4.69, 9.17) is 17.2 Å². The first-order chi connectivity index (χ1) is 16.0. The summed E-state index contributed by atoms with van der Waals surface area (Å²) in [6.07, 6.45) is -3.88. The van der Waals surface area contributed by atoms with Crippen LogP contribution in [0.3, 0.4) is 0 Å². The number of hydrogen-bond donors (Lipinski definition) is 3. The molecule has 180 valence electrons. The summed E-state index contributed by atoms with van der Waals surface area (Å²) in [5.74, 6) is -2.64. The number of primary amides is 1. The zero-order valence-electron chi connectivity index (χ0n) is 18.1. The van der Waals surface area contributed by atoms with Crippen LogP contribution in [0, 0.1) is 0 Å². The third kappa shape index (κ3) is 5.91. The van der Waals surface area contributed by atoms with E-state index in [2.05, 4.69) is 4.99 Å². The Morgan fingerprint density at radius 3 is 2.06 bits per heavy atom. The van der Waals surface area contributed by atoms with Crippen LogP contribution >= 0.6 is 0 Å². The minimum Gasteiger partial charge on any atom is -0.370 e. The highest BCUT2D eigenvalue weighted by atomic mass is 19.4. The van der Waals surface area contributed by atoms with Gasteiger partial charge in [-0.2, -0.15) is 18.2 Å². The normalized spacial score (nSPS) is 14.5. The molecule has 1 heterocycles. The van der Waals surface area contributed by atoms with E-state index in [-0.39, 0.29) is 23.5 Å². The number of alkyl halides is 3.